The Morgan fingerprint density at radius 2 is 1.88 bits per heavy atom. The maximum absolute atomic E-state index is 11.9. The van der Waals surface area contributed by atoms with Gasteiger partial charge in [-0.15, -0.1) is 0 Å². The highest BCUT2D eigenvalue weighted by Crippen LogP contribution is 2.25. The van der Waals surface area contributed by atoms with Crippen LogP contribution in [0.4, 0.5) is 0 Å². The third-order valence-corrected chi connectivity index (χ3v) is 5.62. The largest absolute Gasteiger partial charge is 0.312 e. The summed E-state index contributed by atoms with van der Waals surface area (Å²) in [4.78, 5) is 0. The fourth-order valence-corrected chi connectivity index (χ4v) is 2.26. The van der Waals surface area contributed by atoms with Crippen molar-refractivity contribution in [1.29, 1.82) is 0 Å². The molecule has 4 heteroatoms. The van der Waals surface area contributed by atoms with Gasteiger partial charge in [0.1, 0.15) is 0 Å². The molecule has 0 fully saturated rings. The fraction of sp³-hybridized carbons (Fsp3) is 0.846. The van der Waals surface area contributed by atoms with Gasteiger partial charge >= 0.3 is 0 Å². The van der Waals surface area contributed by atoms with E-state index in [0.29, 0.717) is 0 Å². The molecule has 0 aromatic carbocycles. The van der Waals surface area contributed by atoms with Crippen molar-refractivity contribution in [3.05, 3.63) is 12.2 Å². The minimum Gasteiger partial charge on any atom is -0.312 e. The number of rotatable bonds is 8. The predicted molar refractivity (Wildman–Crippen MR) is 75.1 cm³/mol. The Bertz CT molecular complexity index is 344. The summed E-state index contributed by atoms with van der Waals surface area (Å²) in [6.45, 7) is 12.5. The Hall–Kier alpha value is -0.350. The zero-order valence-corrected chi connectivity index (χ0v) is 12.7. The van der Waals surface area contributed by atoms with Crippen LogP contribution >= 0.6 is 0 Å². The molecule has 0 aromatic rings. The van der Waals surface area contributed by atoms with Crippen molar-refractivity contribution in [2.45, 2.75) is 57.7 Å². The Morgan fingerprint density at radius 3 is 2.24 bits per heavy atom. The molecule has 1 atom stereocenters. The van der Waals surface area contributed by atoms with Crippen LogP contribution in [0.3, 0.4) is 0 Å². The van der Waals surface area contributed by atoms with Crippen LogP contribution in [0.15, 0.2) is 12.2 Å². The topological polar surface area (TPSA) is 46.2 Å². The van der Waals surface area contributed by atoms with Crippen molar-refractivity contribution in [3.8, 4) is 0 Å². The molecule has 0 saturated heterocycles. The molecule has 1 unspecified atom stereocenters. The lowest BCUT2D eigenvalue weighted by molar-refractivity contribution is 0.403. The molecule has 0 aliphatic rings. The Balaban J connectivity index is 4.96. The second-order valence-electron chi connectivity index (χ2n) is 5.19. The maximum Gasteiger partial charge on any atom is 0.154 e. The lowest BCUT2D eigenvalue weighted by atomic mass is 9.95. The molecular weight excluding hydrogens is 234 g/mol. The van der Waals surface area contributed by atoms with Gasteiger partial charge in [0.15, 0.2) is 9.84 Å². The van der Waals surface area contributed by atoms with E-state index in [4.69, 9.17) is 0 Å². The second-order valence-corrected chi connectivity index (χ2v) is 7.79. The van der Waals surface area contributed by atoms with Crippen molar-refractivity contribution in [2.24, 2.45) is 0 Å². The van der Waals surface area contributed by atoms with Gasteiger partial charge in [-0.05, 0) is 39.7 Å². The molecule has 0 bridgehead atoms. The lowest BCUT2D eigenvalue weighted by Gasteiger charge is -2.34. The van der Waals surface area contributed by atoms with Crippen LogP contribution in [0.2, 0.25) is 0 Å². The number of hydrogen-bond acceptors (Lipinski definition) is 3. The van der Waals surface area contributed by atoms with Gasteiger partial charge in [0.25, 0.3) is 0 Å². The number of hydrogen-bond donors (Lipinski definition) is 1. The zero-order chi connectivity index (χ0) is 13.7. The van der Waals surface area contributed by atoms with Gasteiger partial charge in [0, 0.05) is 12.3 Å². The molecule has 0 saturated carbocycles. The van der Waals surface area contributed by atoms with Crippen molar-refractivity contribution >= 4 is 9.84 Å². The molecule has 102 valence electrons. The van der Waals surface area contributed by atoms with E-state index in [1.165, 1.54) is 6.26 Å². The number of sulfone groups is 1. The Kier molecular flexibility index (Phi) is 6.41. The van der Waals surface area contributed by atoms with Crippen LogP contribution in [-0.2, 0) is 9.84 Å². The summed E-state index contributed by atoms with van der Waals surface area (Å²) >= 11 is 0. The summed E-state index contributed by atoms with van der Waals surface area (Å²) in [7, 11) is -3.09. The first kappa shape index (κ1) is 16.6. The monoisotopic (exact) mass is 261 g/mol. The van der Waals surface area contributed by atoms with Crippen LogP contribution in [0.5, 0.6) is 0 Å². The van der Waals surface area contributed by atoms with Crippen LogP contribution in [0.1, 0.15) is 47.0 Å². The molecule has 17 heavy (non-hydrogen) atoms. The summed E-state index contributed by atoms with van der Waals surface area (Å²) in [6, 6.07) is -0.0649. The normalized spacial score (nSPS) is 14.6. The molecule has 0 heterocycles. The molecule has 0 radical (unpaired) electrons. The van der Waals surface area contributed by atoms with Gasteiger partial charge < -0.3 is 5.32 Å². The first-order valence-corrected chi connectivity index (χ1v) is 8.15. The van der Waals surface area contributed by atoms with E-state index in [1.54, 1.807) is 13.8 Å². The van der Waals surface area contributed by atoms with Gasteiger partial charge in [-0.25, -0.2) is 8.42 Å². The van der Waals surface area contributed by atoms with E-state index >= 15 is 0 Å². The van der Waals surface area contributed by atoms with E-state index in [2.05, 4.69) is 18.8 Å². The highest BCUT2D eigenvalue weighted by molar-refractivity contribution is 7.92. The van der Waals surface area contributed by atoms with Crippen molar-refractivity contribution in [1.82, 2.24) is 5.32 Å². The molecule has 0 aliphatic carbocycles. The van der Waals surface area contributed by atoms with Crippen LogP contribution in [0, 0.1) is 0 Å². The summed E-state index contributed by atoms with van der Waals surface area (Å²) in [5, 5.41) is 3.34. The molecular formula is C13H27NO2S. The molecule has 0 spiro atoms. The van der Waals surface area contributed by atoms with Gasteiger partial charge in [-0.1, -0.05) is 26.0 Å². The van der Waals surface area contributed by atoms with Gasteiger partial charge in [-0.3, -0.25) is 0 Å². The van der Waals surface area contributed by atoms with E-state index in [0.717, 1.165) is 31.4 Å². The first-order chi connectivity index (χ1) is 7.66. The summed E-state index contributed by atoms with van der Waals surface area (Å²) in [6.07, 6.45) is 3.91. The van der Waals surface area contributed by atoms with Gasteiger partial charge in [0.05, 0.1) is 4.75 Å². The molecule has 0 amide bonds. The van der Waals surface area contributed by atoms with Crippen molar-refractivity contribution in [2.75, 3.05) is 12.8 Å². The smallest absolute Gasteiger partial charge is 0.154 e. The maximum atomic E-state index is 11.9. The van der Waals surface area contributed by atoms with Crippen LogP contribution in [-0.4, -0.2) is 32.0 Å². The highest BCUT2D eigenvalue weighted by Gasteiger charge is 2.38. The summed E-state index contributed by atoms with van der Waals surface area (Å²) in [5.74, 6) is 0. The van der Waals surface area contributed by atoms with E-state index in [-0.39, 0.29) is 6.04 Å². The van der Waals surface area contributed by atoms with E-state index < -0.39 is 14.6 Å². The van der Waals surface area contributed by atoms with Gasteiger partial charge in [-0.2, -0.15) is 0 Å². The summed E-state index contributed by atoms with van der Waals surface area (Å²) < 4.78 is 23.0. The molecule has 0 aromatic heterocycles. The quantitative estimate of drug-likeness (QED) is 0.683. The van der Waals surface area contributed by atoms with Crippen LogP contribution in [0.25, 0.3) is 0 Å². The minimum absolute atomic E-state index is 0.0649. The van der Waals surface area contributed by atoms with E-state index in [1.807, 2.05) is 6.92 Å². The Morgan fingerprint density at radius 1 is 1.35 bits per heavy atom. The van der Waals surface area contributed by atoms with Crippen LogP contribution < -0.4 is 5.32 Å². The fourth-order valence-electron chi connectivity index (χ4n) is 1.57. The van der Waals surface area contributed by atoms with Crippen molar-refractivity contribution in [3.63, 3.8) is 0 Å². The minimum atomic E-state index is -3.09. The molecule has 0 rings (SSSR count). The van der Waals surface area contributed by atoms with Gasteiger partial charge in [0.2, 0.25) is 0 Å². The average molecular weight is 261 g/mol. The average Bonchev–Trinajstić information content (AvgIpc) is 2.21. The Labute approximate surface area is 107 Å². The van der Waals surface area contributed by atoms with E-state index in [9.17, 15) is 8.42 Å². The standard InChI is InChI=1S/C13H27NO2S/c1-7-9-14-12(10-11(3)8-2)13(4,5)17(6,15)16/h12,14H,3,7-10H2,1-2,4-6H3. The molecule has 0 aliphatic heterocycles. The molecule has 1 N–H and O–H groups in total. The predicted octanol–water partition coefficient (Wildman–Crippen LogP) is 2.53. The molecule has 3 nitrogen and oxygen atoms in total. The first-order valence-electron chi connectivity index (χ1n) is 6.26. The SMILES string of the molecule is C=C(CC)CC(NCCC)C(C)(C)S(C)(=O)=O. The third-order valence-electron chi connectivity index (χ3n) is 3.43. The lowest BCUT2D eigenvalue weighted by Crippen LogP contribution is -2.51. The zero-order valence-electron chi connectivity index (χ0n) is 11.8. The van der Waals surface area contributed by atoms with Crippen molar-refractivity contribution < 1.29 is 8.42 Å². The highest BCUT2D eigenvalue weighted by atomic mass is 32.2. The second kappa shape index (κ2) is 6.55. The number of nitrogens with one attached hydrogen (secondary N) is 1. The third kappa shape index (κ3) is 4.80. The summed E-state index contributed by atoms with van der Waals surface area (Å²) in [5.41, 5.74) is 1.09.